The van der Waals surface area contributed by atoms with Crippen LogP contribution in [0.5, 0.6) is 0 Å². The molecule has 0 amide bonds. The minimum Gasteiger partial charge on any atom is -0.250 e. The summed E-state index contributed by atoms with van der Waals surface area (Å²) >= 11 is 5.05. The van der Waals surface area contributed by atoms with Gasteiger partial charge in [0.25, 0.3) is 0 Å². The molecule has 0 unspecified atom stereocenters. The Hall–Kier alpha value is -0.970. The number of rotatable bonds is 4. The highest BCUT2D eigenvalue weighted by Crippen LogP contribution is 2.00. The number of hydrogen-bond donors (Lipinski definition) is 1. The molecule has 0 saturated carbocycles. The normalized spacial score (nSPS) is 11.7. The Kier molecular flexibility index (Phi) is 4.00. The maximum atomic E-state index is 5.05. The average molecular weight is 212 g/mol. The molecule has 4 nitrogen and oxygen atoms in total. The van der Waals surface area contributed by atoms with E-state index in [1.165, 1.54) is 0 Å². The van der Waals surface area contributed by atoms with Gasteiger partial charge in [-0.1, -0.05) is 20.8 Å². The molecule has 5 heteroatoms. The third-order valence-electron chi connectivity index (χ3n) is 1.81. The number of hydrogen-bond acceptors (Lipinski definition) is 3. The third kappa shape index (κ3) is 2.77. The van der Waals surface area contributed by atoms with Gasteiger partial charge in [-0.05, 0) is 24.6 Å². The largest absolute Gasteiger partial charge is 0.250 e. The van der Waals surface area contributed by atoms with E-state index in [4.69, 9.17) is 12.2 Å². The van der Waals surface area contributed by atoms with E-state index in [0.29, 0.717) is 10.7 Å². The highest BCUT2D eigenvalue weighted by molar-refractivity contribution is 7.71. The topological polar surface area (TPSA) is 46.0 Å². The SMILES string of the molecule is CCc1n[nH]c(=S)n1N=CCC(C)C. The van der Waals surface area contributed by atoms with Crippen LogP contribution >= 0.6 is 12.2 Å². The molecule has 0 aliphatic carbocycles. The van der Waals surface area contributed by atoms with Gasteiger partial charge in [-0.15, -0.1) is 0 Å². The van der Waals surface area contributed by atoms with Crippen molar-refractivity contribution in [2.45, 2.75) is 33.6 Å². The predicted octanol–water partition coefficient (Wildman–Crippen LogP) is 2.38. The smallest absolute Gasteiger partial charge is 0.216 e. The lowest BCUT2D eigenvalue weighted by atomic mass is 10.2. The van der Waals surface area contributed by atoms with Gasteiger partial charge >= 0.3 is 0 Å². The number of nitrogens with zero attached hydrogens (tertiary/aromatic N) is 3. The van der Waals surface area contributed by atoms with Crippen LogP contribution in [0.4, 0.5) is 0 Å². The molecule has 0 spiro atoms. The Labute approximate surface area is 89.0 Å². The molecule has 0 aliphatic rings. The van der Waals surface area contributed by atoms with Crippen LogP contribution in [-0.4, -0.2) is 21.1 Å². The number of nitrogens with one attached hydrogen (secondary N) is 1. The summed E-state index contributed by atoms with van der Waals surface area (Å²) in [6.45, 7) is 6.34. The monoisotopic (exact) mass is 212 g/mol. The standard InChI is InChI=1S/C9H16N4S/c1-4-8-11-12-9(14)13(8)10-6-5-7(2)3/h6-7H,4-5H2,1-3H3,(H,12,14). The summed E-state index contributed by atoms with van der Waals surface area (Å²) in [5, 5.41) is 11.1. The third-order valence-corrected chi connectivity index (χ3v) is 2.07. The molecule has 0 saturated heterocycles. The van der Waals surface area contributed by atoms with E-state index in [9.17, 15) is 0 Å². The summed E-state index contributed by atoms with van der Waals surface area (Å²) in [6.07, 6.45) is 3.66. The zero-order valence-electron chi connectivity index (χ0n) is 8.82. The highest BCUT2D eigenvalue weighted by Gasteiger charge is 2.00. The van der Waals surface area contributed by atoms with Crippen molar-refractivity contribution in [1.82, 2.24) is 14.9 Å². The minimum absolute atomic E-state index is 0.557. The summed E-state index contributed by atoms with van der Waals surface area (Å²) in [5.74, 6) is 1.49. The van der Waals surface area contributed by atoms with Gasteiger partial charge in [-0.2, -0.15) is 14.9 Å². The first-order chi connectivity index (χ1) is 6.65. The summed E-state index contributed by atoms with van der Waals surface area (Å²) in [7, 11) is 0. The first-order valence-electron chi connectivity index (χ1n) is 4.84. The fourth-order valence-corrected chi connectivity index (χ4v) is 1.21. The molecular formula is C9H16N4S. The van der Waals surface area contributed by atoms with E-state index < -0.39 is 0 Å². The Morgan fingerprint density at radius 3 is 2.93 bits per heavy atom. The highest BCUT2D eigenvalue weighted by atomic mass is 32.1. The van der Waals surface area contributed by atoms with Crippen LogP contribution in [0.25, 0.3) is 0 Å². The van der Waals surface area contributed by atoms with E-state index in [2.05, 4.69) is 29.1 Å². The van der Waals surface area contributed by atoms with Crippen LogP contribution in [0, 0.1) is 10.7 Å². The van der Waals surface area contributed by atoms with Gasteiger partial charge in [0.05, 0.1) is 0 Å². The number of aromatic nitrogens is 3. The molecule has 1 aromatic rings. The van der Waals surface area contributed by atoms with Gasteiger partial charge in [0.2, 0.25) is 4.77 Å². The van der Waals surface area contributed by atoms with Crippen molar-refractivity contribution >= 4 is 18.4 Å². The van der Waals surface area contributed by atoms with E-state index in [1.54, 1.807) is 4.68 Å². The Morgan fingerprint density at radius 2 is 2.36 bits per heavy atom. The Balaban J connectivity index is 2.79. The second-order valence-corrected chi connectivity index (χ2v) is 3.92. The lowest BCUT2D eigenvalue weighted by Gasteiger charge is -1.98. The maximum Gasteiger partial charge on any atom is 0.216 e. The quantitative estimate of drug-likeness (QED) is 0.615. The van der Waals surface area contributed by atoms with Crippen LogP contribution in [0.2, 0.25) is 0 Å². The summed E-state index contributed by atoms with van der Waals surface area (Å²) in [5.41, 5.74) is 0. The van der Waals surface area contributed by atoms with E-state index >= 15 is 0 Å². The van der Waals surface area contributed by atoms with Crippen molar-refractivity contribution < 1.29 is 0 Å². The summed E-state index contributed by atoms with van der Waals surface area (Å²) in [4.78, 5) is 0. The van der Waals surface area contributed by atoms with Crippen molar-refractivity contribution in [2.75, 3.05) is 0 Å². The molecule has 0 bridgehead atoms. The molecular weight excluding hydrogens is 196 g/mol. The van der Waals surface area contributed by atoms with Gasteiger partial charge in [0.1, 0.15) is 0 Å². The fourth-order valence-electron chi connectivity index (χ4n) is 1.01. The first-order valence-corrected chi connectivity index (χ1v) is 5.25. The lowest BCUT2D eigenvalue weighted by Crippen LogP contribution is -1.98. The molecule has 0 radical (unpaired) electrons. The fraction of sp³-hybridized carbons (Fsp3) is 0.667. The maximum absolute atomic E-state index is 5.05. The molecule has 1 aromatic heterocycles. The van der Waals surface area contributed by atoms with Crippen molar-refractivity contribution in [2.24, 2.45) is 11.0 Å². The van der Waals surface area contributed by atoms with Crippen LogP contribution < -0.4 is 0 Å². The number of aromatic amines is 1. The van der Waals surface area contributed by atoms with Gasteiger partial charge in [-0.25, -0.2) is 0 Å². The van der Waals surface area contributed by atoms with Gasteiger partial charge < -0.3 is 0 Å². The number of H-pyrrole nitrogens is 1. The second kappa shape index (κ2) is 5.05. The predicted molar refractivity (Wildman–Crippen MR) is 60.1 cm³/mol. The molecule has 0 aromatic carbocycles. The molecule has 0 atom stereocenters. The first kappa shape index (κ1) is 11.1. The van der Waals surface area contributed by atoms with E-state index in [1.807, 2.05) is 13.1 Å². The van der Waals surface area contributed by atoms with Crippen LogP contribution in [0.1, 0.15) is 33.0 Å². The summed E-state index contributed by atoms with van der Waals surface area (Å²) < 4.78 is 2.24. The van der Waals surface area contributed by atoms with E-state index in [-0.39, 0.29) is 0 Å². The van der Waals surface area contributed by atoms with Crippen LogP contribution in [0.15, 0.2) is 5.10 Å². The molecule has 1 N–H and O–H groups in total. The molecule has 0 fully saturated rings. The number of aryl methyl sites for hydroxylation is 1. The van der Waals surface area contributed by atoms with Crippen LogP contribution in [-0.2, 0) is 6.42 Å². The van der Waals surface area contributed by atoms with Crippen molar-refractivity contribution in [1.29, 1.82) is 0 Å². The Morgan fingerprint density at radius 1 is 1.64 bits per heavy atom. The molecule has 1 rings (SSSR count). The van der Waals surface area contributed by atoms with Crippen LogP contribution in [0.3, 0.4) is 0 Å². The molecule has 0 aliphatic heterocycles. The lowest BCUT2D eigenvalue weighted by molar-refractivity contribution is 0.682. The van der Waals surface area contributed by atoms with Crippen molar-refractivity contribution in [3.05, 3.63) is 10.6 Å². The summed E-state index contributed by atoms with van der Waals surface area (Å²) in [6, 6.07) is 0. The van der Waals surface area contributed by atoms with Gasteiger partial charge in [0, 0.05) is 12.6 Å². The zero-order valence-corrected chi connectivity index (χ0v) is 9.64. The molecule has 78 valence electrons. The average Bonchev–Trinajstić information content (AvgIpc) is 2.47. The molecule has 14 heavy (non-hydrogen) atoms. The van der Waals surface area contributed by atoms with Crippen molar-refractivity contribution in [3.63, 3.8) is 0 Å². The van der Waals surface area contributed by atoms with Gasteiger partial charge in [-0.3, -0.25) is 5.10 Å². The zero-order chi connectivity index (χ0) is 10.6. The second-order valence-electron chi connectivity index (χ2n) is 3.54. The molecule has 1 heterocycles. The Bertz CT molecular complexity index is 361. The van der Waals surface area contributed by atoms with Crippen molar-refractivity contribution in [3.8, 4) is 0 Å². The minimum atomic E-state index is 0.557. The van der Waals surface area contributed by atoms with E-state index in [0.717, 1.165) is 18.7 Å². The van der Waals surface area contributed by atoms with Gasteiger partial charge in [0.15, 0.2) is 5.82 Å².